The van der Waals surface area contributed by atoms with Crippen molar-refractivity contribution in [2.45, 2.75) is 19.0 Å². The van der Waals surface area contributed by atoms with Crippen LogP contribution in [0.1, 0.15) is 18.1 Å². The Balaban J connectivity index is 1.80. The fourth-order valence-electron chi connectivity index (χ4n) is 2.43. The van der Waals surface area contributed by atoms with Gasteiger partial charge in [0.1, 0.15) is 5.54 Å². The van der Waals surface area contributed by atoms with Crippen LogP contribution >= 0.6 is 0 Å². The van der Waals surface area contributed by atoms with Gasteiger partial charge in [-0.3, -0.25) is 4.79 Å². The zero-order valence-corrected chi connectivity index (χ0v) is 13.8. The fourth-order valence-corrected chi connectivity index (χ4v) is 2.43. The topological polar surface area (TPSA) is 58.4 Å². The van der Waals surface area contributed by atoms with E-state index in [2.05, 4.69) is 22.3 Å². The fraction of sp³-hybridized carbons (Fsp3) is 0.316. The van der Waals surface area contributed by atoms with Crippen molar-refractivity contribution < 1.29 is 4.79 Å². The molecule has 2 aromatic rings. The highest BCUT2D eigenvalue weighted by molar-refractivity contribution is 5.86. The van der Waals surface area contributed by atoms with Crippen LogP contribution in [0.2, 0.25) is 0 Å². The molecule has 0 heterocycles. The molecule has 2 aromatic carbocycles. The SMILES string of the molecule is CN(CCNC(=O)C(C)(N)c1ccccc1)Cc1ccccc1. The molecule has 0 saturated carbocycles. The van der Waals surface area contributed by atoms with Crippen LogP contribution in [0.15, 0.2) is 60.7 Å². The summed E-state index contributed by atoms with van der Waals surface area (Å²) in [6.45, 7) is 3.94. The first-order valence-electron chi connectivity index (χ1n) is 7.85. The average Bonchev–Trinajstić information content (AvgIpc) is 2.56. The molecule has 0 fully saturated rings. The van der Waals surface area contributed by atoms with Gasteiger partial charge in [-0.15, -0.1) is 0 Å². The second kappa shape index (κ2) is 7.90. The van der Waals surface area contributed by atoms with Crippen molar-refractivity contribution in [2.75, 3.05) is 20.1 Å². The number of nitrogens with zero attached hydrogens (tertiary/aromatic N) is 1. The lowest BCUT2D eigenvalue weighted by molar-refractivity contribution is -0.126. The maximum absolute atomic E-state index is 12.4. The van der Waals surface area contributed by atoms with Gasteiger partial charge in [-0.1, -0.05) is 60.7 Å². The number of amides is 1. The molecule has 0 aliphatic heterocycles. The summed E-state index contributed by atoms with van der Waals surface area (Å²) in [5, 5.41) is 2.93. The minimum atomic E-state index is -1.01. The summed E-state index contributed by atoms with van der Waals surface area (Å²) in [7, 11) is 2.04. The van der Waals surface area contributed by atoms with Crippen molar-refractivity contribution in [2.24, 2.45) is 5.73 Å². The van der Waals surface area contributed by atoms with Crippen molar-refractivity contribution >= 4 is 5.91 Å². The van der Waals surface area contributed by atoms with Crippen LogP contribution in [-0.2, 0) is 16.9 Å². The van der Waals surface area contributed by atoms with Gasteiger partial charge in [-0.2, -0.15) is 0 Å². The molecule has 1 atom stereocenters. The monoisotopic (exact) mass is 311 g/mol. The van der Waals surface area contributed by atoms with Gasteiger partial charge in [0.2, 0.25) is 5.91 Å². The molecule has 0 bridgehead atoms. The van der Waals surface area contributed by atoms with E-state index in [4.69, 9.17) is 5.73 Å². The number of hydrogen-bond donors (Lipinski definition) is 2. The summed E-state index contributed by atoms with van der Waals surface area (Å²) in [6, 6.07) is 19.7. The molecule has 23 heavy (non-hydrogen) atoms. The molecule has 0 aromatic heterocycles. The summed E-state index contributed by atoms with van der Waals surface area (Å²) in [5.41, 5.74) is 7.26. The first-order valence-corrected chi connectivity index (χ1v) is 7.85. The molecule has 0 saturated heterocycles. The summed E-state index contributed by atoms with van der Waals surface area (Å²) in [5.74, 6) is -0.156. The molecule has 122 valence electrons. The number of likely N-dealkylation sites (N-methyl/N-ethyl adjacent to an activating group) is 1. The molecule has 1 unspecified atom stereocenters. The lowest BCUT2D eigenvalue weighted by Gasteiger charge is -2.25. The standard InChI is InChI=1S/C19H25N3O/c1-19(20,17-11-7-4-8-12-17)18(23)21-13-14-22(2)15-16-9-5-3-6-10-16/h3-12H,13-15,20H2,1-2H3,(H,21,23). The van der Waals surface area contributed by atoms with Crippen LogP contribution in [0.5, 0.6) is 0 Å². The summed E-state index contributed by atoms with van der Waals surface area (Å²) < 4.78 is 0. The van der Waals surface area contributed by atoms with Crippen LogP contribution in [0.25, 0.3) is 0 Å². The largest absolute Gasteiger partial charge is 0.353 e. The summed E-state index contributed by atoms with van der Waals surface area (Å²) >= 11 is 0. The highest BCUT2D eigenvalue weighted by Crippen LogP contribution is 2.17. The number of carbonyl (C=O) groups excluding carboxylic acids is 1. The Bertz CT molecular complexity index is 611. The Kier molecular flexibility index (Phi) is 5.90. The molecule has 3 N–H and O–H groups in total. The van der Waals surface area contributed by atoms with E-state index in [0.29, 0.717) is 6.54 Å². The maximum Gasteiger partial charge on any atom is 0.244 e. The van der Waals surface area contributed by atoms with Gasteiger partial charge in [0, 0.05) is 19.6 Å². The molecule has 0 aliphatic rings. The zero-order valence-electron chi connectivity index (χ0n) is 13.8. The lowest BCUT2D eigenvalue weighted by atomic mass is 9.92. The van der Waals surface area contributed by atoms with Crippen LogP contribution in [-0.4, -0.2) is 30.9 Å². The van der Waals surface area contributed by atoms with Crippen molar-refractivity contribution in [3.63, 3.8) is 0 Å². The minimum Gasteiger partial charge on any atom is -0.353 e. The predicted octanol–water partition coefficient (Wildman–Crippen LogP) is 2.11. The van der Waals surface area contributed by atoms with Crippen molar-refractivity contribution in [3.05, 3.63) is 71.8 Å². The number of rotatable bonds is 7. The smallest absolute Gasteiger partial charge is 0.244 e. The highest BCUT2D eigenvalue weighted by Gasteiger charge is 2.29. The Hall–Kier alpha value is -2.17. The van der Waals surface area contributed by atoms with E-state index >= 15 is 0 Å². The third-order valence-electron chi connectivity index (χ3n) is 3.92. The quantitative estimate of drug-likeness (QED) is 0.823. The van der Waals surface area contributed by atoms with Crippen molar-refractivity contribution in [3.8, 4) is 0 Å². The van der Waals surface area contributed by atoms with Gasteiger partial charge in [-0.05, 0) is 25.1 Å². The van der Waals surface area contributed by atoms with Gasteiger partial charge in [0.05, 0.1) is 0 Å². The average molecular weight is 311 g/mol. The first-order chi connectivity index (χ1) is 11.0. The Morgan fingerprint density at radius 3 is 2.26 bits per heavy atom. The Morgan fingerprint density at radius 1 is 1.09 bits per heavy atom. The van der Waals surface area contributed by atoms with Crippen molar-refractivity contribution in [1.29, 1.82) is 0 Å². The molecule has 0 spiro atoms. The number of nitrogens with two attached hydrogens (primary N) is 1. The van der Waals surface area contributed by atoms with E-state index < -0.39 is 5.54 Å². The van der Waals surface area contributed by atoms with Crippen LogP contribution in [0.3, 0.4) is 0 Å². The zero-order chi connectivity index (χ0) is 16.7. The number of nitrogens with one attached hydrogen (secondary N) is 1. The third kappa shape index (κ3) is 4.91. The number of carbonyl (C=O) groups is 1. The van der Waals surface area contributed by atoms with E-state index in [1.807, 2.05) is 55.6 Å². The van der Waals surface area contributed by atoms with E-state index in [0.717, 1.165) is 18.7 Å². The van der Waals surface area contributed by atoms with E-state index in [9.17, 15) is 4.79 Å². The molecule has 0 aliphatic carbocycles. The summed E-state index contributed by atoms with van der Waals surface area (Å²) in [4.78, 5) is 14.5. The normalized spacial score (nSPS) is 13.6. The summed E-state index contributed by atoms with van der Waals surface area (Å²) in [6.07, 6.45) is 0. The van der Waals surface area contributed by atoms with Gasteiger partial charge in [-0.25, -0.2) is 0 Å². The number of benzene rings is 2. The molecule has 0 radical (unpaired) electrons. The van der Waals surface area contributed by atoms with Crippen LogP contribution in [0.4, 0.5) is 0 Å². The van der Waals surface area contributed by atoms with Crippen LogP contribution < -0.4 is 11.1 Å². The third-order valence-corrected chi connectivity index (χ3v) is 3.92. The second-order valence-corrected chi connectivity index (χ2v) is 6.05. The minimum absolute atomic E-state index is 0.156. The molecule has 4 nitrogen and oxygen atoms in total. The highest BCUT2D eigenvalue weighted by atomic mass is 16.2. The predicted molar refractivity (Wildman–Crippen MR) is 93.8 cm³/mol. The van der Waals surface area contributed by atoms with Gasteiger partial charge < -0.3 is 16.0 Å². The molecular weight excluding hydrogens is 286 g/mol. The van der Waals surface area contributed by atoms with E-state index in [-0.39, 0.29) is 5.91 Å². The Labute approximate surface area is 138 Å². The molecule has 4 heteroatoms. The van der Waals surface area contributed by atoms with Gasteiger partial charge >= 0.3 is 0 Å². The lowest BCUT2D eigenvalue weighted by Crippen LogP contribution is -2.50. The first kappa shape index (κ1) is 17.2. The number of hydrogen-bond acceptors (Lipinski definition) is 3. The Morgan fingerprint density at radius 2 is 1.65 bits per heavy atom. The molecule has 1 amide bonds. The van der Waals surface area contributed by atoms with Crippen molar-refractivity contribution in [1.82, 2.24) is 10.2 Å². The van der Waals surface area contributed by atoms with Crippen LogP contribution in [0, 0.1) is 0 Å². The molecule has 2 rings (SSSR count). The van der Waals surface area contributed by atoms with E-state index in [1.165, 1.54) is 5.56 Å². The maximum atomic E-state index is 12.4. The van der Waals surface area contributed by atoms with Gasteiger partial charge in [0.15, 0.2) is 0 Å². The second-order valence-electron chi connectivity index (χ2n) is 6.05. The van der Waals surface area contributed by atoms with Gasteiger partial charge in [0.25, 0.3) is 0 Å². The molecular formula is C19H25N3O. The van der Waals surface area contributed by atoms with E-state index in [1.54, 1.807) is 6.92 Å².